The Bertz CT molecular complexity index is 731. The maximum absolute atomic E-state index is 12.5. The van der Waals surface area contributed by atoms with E-state index in [-0.39, 0.29) is 12.0 Å². The number of rotatable bonds is 5. The maximum atomic E-state index is 12.5. The van der Waals surface area contributed by atoms with Crippen LogP contribution < -0.4 is 4.74 Å². The summed E-state index contributed by atoms with van der Waals surface area (Å²) in [6.07, 6.45) is 2.05. The second-order valence-electron chi connectivity index (χ2n) is 6.68. The summed E-state index contributed by atoms with van der Waals surface area (Å²) in [6.45, 7) is 9.08. The van der Waals surface area contributed by atoms with E-state index in [1.54, 1.807) is 0 Å². The van der Waals surface area contributed by atoms with E-state index in [1.165, 1.54) is 0 Å². The number of aromatic nitrogens is 4. The van der Waals surface area contributed by atoms with Gasteiger partial charge in [-0.15, -0.1) is 0 Å². The first-order chi connectivity index (χ1) is 11.9. The minimum Gasteiger partial charge on any atom is -0.472 e. The van der Waals surface area contributed by atoms with Gasteiger partial charge in [0.1, 0.15) is 11.9 Å². The zero-order chi connectivity index (χ0) is 18.0. The van der Waals surface area contributed by atoms with E-state index in [4.69, 9.17) is 4.74 Å². The smallest absolute Gasteiger partial charge is 0.223 e. The Kier molecular flexibility index (Phi) is 5.01. The van der Waals surface area contributed by atoms with Crippen LogP contribution in [0.4, 0.5) is 0 Å². The number of aromatic amines is 1. The minimum atomic E-state index is -0.00459. The van der Waals surface area contributed by atoms with Gasteiger partial charge in [-0.05, 0) is 39.7 Å². The molecule has 1 fully saturated rings. The highest BCUT2D eigenvalue weighted by Crippen LogP contribution is 2.19. The molecule has 1 amide bonds. The molecule has 0 spiro atoms. The van der Waals surface area contributed by atoms with Crippen molar-refractivity contribution in [1.82, 2.24) is 25.1 Å². The highest BCUT2D eigenvalue weighted by Gasteiger charge is 2.28. The zero-order valence-electron chi connectivity index (χ0n) is 15.3. The lowest BCUT2D eigenvalue weighted by molar-refractivity contribution is -0.130. The minimum absolute atomic E-state index is 0.00459. The lowest BCUT2D eigenvalue weighted by Gasteiger charge is -2.17. The van der Waals surface area contributed by atoms with E-state index >= 15 is 0 Å². The number of aryl methyl sites for hydroxylation is 4. The average Bonchev–Trinajstić information content (AvgIpc) is 3.12. The number of hydrogen-bond acceptors (Lipinski definition) is 5. The predicted molar refractivity (Wildman–Crippen MR) is 93.5 cm³/mol. The molecule has 1 unspecified atom stereocenters. The molecule has 0 saturated carbocycles. The molecule has 7 heteroatoms. The van der Waals surface area contributed by atoms with Gasteiger partial charge in [0, 0.05) is 36.8 Å². The van der Waals surface area contributed by atoms with E-state index < -0.39 is 0 Å². The largest absolute Gasteiger partial charge is 0.472 e. The summed E-state index contributed by atoms with van der Waals surface area (Å²) in [5, 5.41) is 7.15. The number of carbonyl (C=O) groups is 1. The van der Waals surface area contributed by atoms with Gasteiger partial charge in [0.25, 0.3) is 0 Å². The third-order valence-electron chi connectivity index (χ3n) is 4.60. The van der Waals surface area contributed by atoms with Crippen molar-refractivity contribution in [2.75, 3.05) is 13.1 Å². The van der Waals surface area contributed by atoms with E-state index in [1.807, 2.05) is 38.7 Å². The molecule has 1 aliphatic rings. The van der Waals surface area contributed by atoms with Gasteiger partial charge < -0.3 is 9.64 Å². The van der Waals surface area contributed by atoms with Crippen molar-refractivity contribution < 1.29 is 9.53 Å². The van der Waals surface area contributed by atoms with Gasteiger partial charge in [0.2, 0.25) is 11.8 Å². The zero-order valence-corrected chi connectivity index (χ0v) is 15.3. The van der Waals surface area contributed by atoms with Crippen molar-refractivity contribution >= 4 is 5.91 Å². The van der Waals surface area contributed by atoms with Crippen molar-refractivity contribution in [3.63, 3.8) is 0 Å². The second kappa shape index (κ2) is 7.21. The first kappa shape index (κ1) is 17.4. The normalized spacial score (nSPS) is 17.1. The van der Waals surface area contributed by atoms with Gasteiger partial charge in [-0.1, -0.05) is 0 Å². The van der Waals surface area contributed by atoms with Crippen molar-refractivity contribution in [2.45, 2.75) is 53.1 Å². The Labute approximate surface area is 147 Å². The van der Waals surface area contributed by atoms with Gasteiger partial charge in [0.05, 0.1) is 12.2 Å². The summed E-state index contributed by atoms with van der Waals surface area (Å²) in [7, 11) is 0. The fourth-order valence-electron chi connectivity index (χ4n) is 3.30. The van der Waals surface area contributed by atoms with Crippen LogP contribution in [0.5, 0.6) is 5.88 Å². The van der Waals surface area contributed by atoms with Crippen molar-refractivity contribution in [2.24, 2.45) is 0 Å². The Balaban J connectivity index is 1.52. The molecular formula is C18H25N5O2. The standard InChI is InChI=1S/C18H25N5O2/c1-11-9-17(20-14(4)19-11)25-15-7-8-23(10-15)18(24)6-5-16-12(2)21-22-13(16)3/h9,15H,5-8,10H2,1-4H3,(H,21,22). The molecule has 7 nitrogen and oxygen atoms in total. The lowest BCUT2D eigenvalue weighted by Crippen LogP contribution is -2.31. The van der Waals surface area contributed by atoms with E-state index in [9.17, 15) is 4.79 Å². The molecular weight excluding hydrogens is 318 g/mol. The molecule has 3 heterocycles. The number of H-pyrrole nitrogens is 1. The molecule has 1 N–H and O–H groups in total. The van der Waals surface area contributed by atoms with Crippen molar-refractivity contribution in [3.8, 4) is 5.88 Å². The monoisotopic (exact) mass is 343 g/mol. The molecule has 0 aliphatic carbocycles. The molecule has 2 aromatic rings. The number of nitrogens with one attached hydrogen (secondary N) is 1. The number of likely N-dealkylation sites (tertiary alicyclic amines) is 1. The summed E-state index contributed by atoms with van der Waals surface area (Å²) in [5.41, 5.74) is 4.05. The van der Waals surface area contributed by atoms with Gasteiger partial charge in [-0.25, -0.2) is 4.98 Å². The highest BCUT2D eigenvalue weighted by molar-refractivity contribution is 5.76. The van der Waals surface area contributed by atoms with Crippen LogP contribution in [0.1, 0.15) is 41.3 Å². The molecule has 0 radical (unpaired) electrons. The third-order valence-corrected chi connectivity index (χ3v) is 4.60. The van der Waals surface area contributed by atoms with Crippen LogP contribution in [0.3, 0.4) is 0 Å². The molecule has 134 valence electrons. The third kappa shape index (κ3) is 4.15. The lowest BCUT2D eigenvalue weighted by atomic mass is 10.1. The summed E-state index contributed by atoms with van der Waals surface area (Å²) in [6, 6.07) is 1.84. The maximum Gasteiger partial charge on any atom is 0.223 e. The van der Waals surface area contributed by atoms with Gasteiger partial charge in [-0.2, -0.15) is 10.1 Å². The van der Waals surface area contributed by atoms with Crippen LogP contribution in [0.2, 0.25) is 0 Å². The molecule has 1 saturated heterocycles. The Hall–Kier alpha value is -2.44. The molecule has 0 aromatic carbocycles. The van der Waals surface area contributed by atoms with Gasteiger partial charge in [-0.3, -0.25) is 9.89 Å². The van der Waals surface area contributed by atoms with Gasteiger partial charge in [0.15, 0.2) is 0 Å². The Morgan fingerprint density at radius 1 is 1.32 bits per heavy atom. The van der Waals surface area contributed by atoms with Crippen LogP contribution in [0.15, 0.2) is 6.07 Å². The van der Waals surface area contributed by atoms with E-state index in [2.05, 4.69) is 20.2 Å². The molecule has 2 aromatic heterocycles. The predicted octanol–water partition coefficient (Wildman–Crippen LogP) is 2.05. The summed E-state index contributed by atoms with van der Waals surface area (Å²) < 4.78 is 5.95. The topological polar surface area (TPSA) is 84.0 Å². The SMILES string of the molecule is Cc1cc(OC2CCN(C(=O)CCc3c(C)n[nH]c3C)C2)nc(C)n1. The van der Waals surface area contributed by atoms with Crippen molar-refractivity contribution in [1.29, 1.82) is 0 Å². The van der Waals surface area contributed by atoms with Crippen LogP contribution in [-0.2, 0) is 11.2 Å². The van der Waals surface area contributed by atoms with Gasteiger partial charge >= 0.3 is 0 Å². The number of nitrogens with zero attached hydrogens (tertiary/aromatic N) is 4. The number of amides is 1. The van der Waals surface area contributed by atoms with Crippen LogP contribution in [0.25, 0.3) is 0 Å². The molecule has 0 bridgehead atoms. The quantitative estimate of drug-likeness (QED) is 0.898. The Morgan fingerprint density at radius 2 is 2.12 bits per heavy atom. The van der Waals surface area contributed by atoms with E-state index in [0.29, 0.717) is 24.7 Å². The fourth-order valence-corrected chi connectivity index (χ4v) is 3.30. The van der Waals surface area contributed by atoms with E-state index in [0.717, 1.165) is 42.0 Å². The highest BCUT2D eigenvalue weighted by atomic mass is 16.5. The Morgan fingerprint density at radius 3 is 2.80 bits per heavy atom. The van der Waals surface area contributed by atoms with Crippen molar-refractivity contribution in [3.05, 3.63) is 34.5 Å². The second-order valence-corrected chi connectivity index (χ2v) is 6.68. The fraction of sp³-hybridized carbons (Fsp3) is 0.556. The molecule has 3 rings (SSSR count). The molecule has 25 heavy (non-hydrogen) atoms. The summed E-state index contributed by atoms with van der Waals surface area (Å²) in [4.78, 5) is 22.9. The summed E-state index contributed by atoms with van der Waals surface area (Å²) >= 11 is 0. The molecule has 1 atom stereocenters. The summed E-state index contributed by atoms with van der Waals surface area (Å²) in [5.74, 6) is 1.46. The number of carbonyl (C=O) groups excluding carboxylic acids is 1. The average molecular weight is 343 g/mol. The molecule has 1 aliphatic heterocycles. The number of hydrogen-bond donors (Lipinski definition) is 1. The van der Waals surface area contributed by atoms with Crippen LogP contribution >= 0.6 is 0 Å². The number of ether oxygens (including phenoxy) is 1. The van der Waals surface area contributed by atoms with Crippen LogP contribution in [-0.4, -0.2) is 50.2 Å². The van der Waals surface area contributed by atoms with Crippen LogP contribution in [0, 0.1) is 27.7 Å². The first-order valence-corrected chi connectivity index (χ1v) is 8.69. The first-order valence-electron chi connectivity index (χ1n) is 8.69.